The molecule has 168 valence electrons. The zero-order chi connectivity index (χ0) is 23.0. The van der Waals surface area contributed by atoms with Gasteiger partial charge in [-0.2, -0.15) is 0 Å². The fraction of sp³-hybridized carbons (Fsp3) is 0.417. The number of nitrogens with zero attached hydrogens (tertiary/aromatic N) is 1. The van der Waals surface area contributed by atoms with E-state index >= 15 is 0 Å². The minimum absolute atomic E-state index is 0.127. The van der Waals surface area contributed by atoms with Crippen LogP contribution in [0.1, 0.15) is 38.3 Å². The van der Waals surface area contributed by atoms with E-state index in [0.29, 0.717) is 18.7 Å². The Morgan fingerprint density at radius 1 is 1.19 bits per heavy atom. The molecule has 1 N–H and O–H groups in total. The molecule has 0 unspecified atom stereocenters. The first kappa shape index (κ1) is 24.7. The lowest BCUT2D eigenvalue weighted by Gasteiger charge is -2.31. The molecule has 2 amide bonds. The molecule has 0 radical (unpaired) electrons. The van der Waals surface area contributed by atoms with Crippen molar-refractivity contribution in [2.24, 2.45) is 5.92 Å². The Hall–Kier alpha value is -2.60. The van der Waals surface area contributed by atoms with Crippen LogP contribution in [0, 0.1) is 11.7 Å². The second kappa shape index (κ2) is 11.7. The van der Waals surface area contributed by atoms with Crippen LogP contribution >= 0.6 is 11.6 Å². The summed E-state index contributed by atoms with van der Waals surface area (Å²) in [5.41, 5.74) is 0.935. The van der Waals surface area contributed by atoms with E-state index in [2.05, 4.69) is 5.32 Å². The molecule has 0 saturated heterocycles. The van der Waals surface area contributed by atoms with E-state index in [1.165, 1.54) is 17.0 Å². The van der Waals surface area contributed by atoms with Crippen molar-refractivity contribution < 1.29 is 18.7 Å². The maximum atomic E-state index is 14.3. The summed E-state index contributed by atoms with van der Waals surface area (Å²) >= 11 is 6.13. The number of methoxy groups -OCH3 is 1. The van der Waals surface area contributed by atoms with Gasteiger partial charge in [0.1, 0.15) is 17.6 Å². The van der Waals surface area contributed by atoms with Gasteiger partial charge in [0.2, 0.25) is 11.8 Å². The molecule has 2 rings (SSSR count). The third-order valence-electron chi connectivity index (χ3n) is 4.95. The van der Waals surface area contributed by atoms with Crippen LogP contribution in [0.15, 0.2) is 42.5 Å². The number of hydrogen-bond acceptors (Lipinski definition) is 3. The number of nitrogens with one attached hydrogen (secondary N) is 1. The van der Waals surface area contributed by atoms with E-state index in [9.17, 15) is 14.0 Å². The smallest absolute Gasteiger partial charge is 0.242 e. The van der Waals surface area contributed by atoms with E-state index in [-0.39, 0.29) is 41.3 Å². The molecular formula is C24H30ClFN2O3. The molecule has 0 fully saturated rings. The molecule has 0 aliphatic rings. The highest BCUT2D eigenvalue weighted by Crippen LogP contribution is 2.23. The Balaban J connectivity index is 2.35. The molecule has 0 bridgehead atoms. The first-order valence-electron chi connectivity index (χ1n) is 10.4. The molecule has 0 aliphatic heterocycles. The average Bonchev–Trinajstić information content (AvgIpc) is 2.74. The van der Waals surface area contributed by atoms with Crippen LogP contribution in [-0.4, -0.2) is 36.4 Å². The summed E-state index contributed by atoms with van der Waals surface area (Å²) in [7, 11) is 1.57. The molecule has 5 nitrogen and oxygen atoms in total. The van der Waals surface area contributed by atoms with Gasteiger partial charge in [0.25, 0.3) is 0 Å². The van der Waals surface area contributed by atoms with Crippen molar-refractivity contribution in [1.29, 1.82) is 0 Å². The van der Waals surface area contributed by atoms with Crippen molar-refractivity contribution in [2.45, 2.75) is 46.2 Å². The Kier molecular flexibility index (Phi) is 9.31. The van der Waals surface area contributed by atoms with Gasteiger partial charge >= 0.3 is 0 Å². The monoisotopic (exact) mass is 448 g/mol. The van der Waals surface area contributed by atoms with Crippen LogP contribution in [0.3, 0.4) is 0 Å². The lowest BCUT2D eigenvalue weighted by atomic mass is 10.1. The highest BCUT2D eigenvalue weighted by atomic mass is 35.5. The van der Waals surface area contributed by atoms with Gasteiger partial charge in [-0.3, -0.25) is 9.59 Å². The van der Waals surface area contributed by atoms with Crippen LogP contribution in [-0.2, 0) is 22.6 Å². The number of halogens is 2. The third kappa shape index (κ3) is 6.96. The van der Waals surface area contributed by atoms with Crippen molar-refractivity contribution in [3.63, 3.8) is 0 Å². The molecule has 0 saturated carbocycles. The van der Waals surface area contributed by atoms with Gasteiger partial charge < -0.3 is 15.0 Å². The number of rotatable bonds is 10. The first-order valence-corrected chi connectivity index (χ1v) is 10.8. The Morgan fingerprint density at radius 2 is 1.90 bits per heavy atom. The number of amides is 2. The molecule has 0 heterocycles. The predicted octanol–water partition coefficient (Wildman–Crippen LogP) is 4.61. The van der Waals surface area contributed by atoms with Gasteiger partial charge in [-0.05, 0) is 42.2 Å². The summed E-state index contributed by atoms with van der Waals surface area (Å²) in [4.78, 5) is 27.7. The van der Waals surface area contributed by atoms with Crippen LogP contribution in [0.2, 0.25) is 5.02 Å². The Labute approximate surface area is 188 Å². The summed E-state index contributed by atoms with van der Waals surface area (Å²) in [5.74, 6) is -0.214. The van der Waals surface area contributed by atoms with Gasteiger partial charge in [0, 0.05) is 23.7 Å². The Bertz CT molecular complexity index is 884. The third-order valence-corrected chi connectivity index (χ3v) is 5.30. The van der Waals surface area contributed by atoms with Crippen molar-refractivity contribution in [2.75, 3.05) is 13.7 Å². The number of benzene rings is 2. The van der Waals surface area contributed by atoms with Gasteiger partial charge in [0.05, 0.1) is 13.5 Å². The standard InChI is InChI=1S/C24H30ClFN2O3/c1-5-22(24(30)27-14-16(2)3)28(15-17-8-6-9-18(12-17)31-4)23(29)13-19-20(25)10-7-11-21(19)26/h6-12,16,22H,5,13-15H2,1-4H3,(H,27,30)/t22-/m0/s1. The first-order chi connectivity index (χ1) is 14.8. The molecule has 0 spiro atoms. The fourth-order valence-corrected chi connectivity index (χ4v) is 3.49. The summed E-state index contributed by atoms with van der Waals surface area (Å²) in [6.07, 6.45) is 0.189. The number of carbonyl (C=O) groups excluding carboxylic acids is 2. The molecule has 0 aliphatic carbocycles. The molecule has 1 atom stereocenters. The van der Waals surface area contributed by atoms with Crippen LogP contribution in [0.5, 0.6) is 5.75 Å². The second-order valence-electron chi connectivity index (χ2n) is 7.81. The topological polar surface area (TPSA) is 58.6 Å². The van der Waals surface area contributed by atoms with Gasteiger partial charge in [0.15, 0.2) is 0 Å². The molecule has 2 aromatic carbocycles. The average molecular weight is 449 g/mol. The number of hydrogen-bond donors (Lipinski definition) is 1. The van der Waals surface area contributed by atoms with Gasteiger partial charge in [-0.25, -0.2) is 4.39 Å². The largest absolute Gasteiger partial charge is 0.497 e. The highest BCUT2D eigenvalue weighted by molar-refractivity contribution is 6.31. The van der Waals surface area contributed by atoms with E-state index in [4.69, 9.17) is 16.3 Å². The zero-order valence-corrected chi connectivity index (χ0v) is 19.2. The SMILES string of the molecule is CC[C@@H](C(=O)NCC(C)C)N(Cc1cccc(OC)c1)C(=O)Cc1c(F)cccc1Cl. The Morgan fingerprint density at radius 3 is 2.52 bits per heavy atom. The summed E-state index contributed by atoms with van der Waals surface area (Å²) < 4.78 is 19.6. The fourth-order valence-electron chi connectivity index (χ4n) is 3.26. The summed E-state index contributed by atoms with van der Waals surface area (Å²) in [5, 5.41) is 3.09. The van der Waals surface area contributed by atoms with Crippen LogP contribution in [0.4, 0.5) is 4.39 Å². The summed E-state index contributed by atoms with van der Waals surface area (Å²) in [6, 6.07) is 10.9. The highest BCUT2D eigenvalue weighted by Gasteiger charge is 2.29. The van der Waals surface area contributed by atoms with E-state index in [1.54, 1.807) is 19.2 Å². The van der Waals surface area contributed by atoms with Gasteiger partial charge in [-0.1, -0.05) is 50.6 Å². The molecule has 2 aromatic rings. The molecular weight excluding hydrogens is 419 g/mol. The quantitative estimate of drug-likeness (QED) is 0.577. The van der Waals surface area contributed by atoms with Crippen molar-refractivity contribution in [3.05, 3.63) is 64.4 Å². The zero-order valence-electron chi connectivity index (χ0n) is 18.5. The van der Waals surface area contributed by atoms with Crippen molar-refractivity contribution in [1.82, 2.24) is 10.2 Å². The van der Waals surface area contributed by atoms with Crippen molar-refractivity contribution in [3.8, 4) is 5.75 Å². The molecule has 31 heavy (non-hydrogen) atoms. The van der Waals surface area contributed by atoms with E-state index < -0.39 is 11.9 Å². The van der Waals surface area contributed by atoms with Gasteiger partial charge in [-0.15, -0.1) is 0 Å². The lowest BCUT2D eigenvalue weighted by Crippen LogP contribution is -2.50. The van der Waals surface area contributed by atoms with Crippen LogP contribution < -0.4 is 10.1 Å². The molecule has 0 aromatic heterocycles. The summed E-state index contributed by atoms with van der Waals surface area (Å²) in [6.45, 7) is 6.55. The van der Waals surface area contributed by atoms with Crippen molar-refractivity contribution >= 4 is 23.4 Å². The van der Waals surface area contributed by atoms with Crippen LogP contribution in [0.25, 0.3) is 0 Å². The minimum atomic E-state index is -0.692. The number of carbonyl (C=O) groups is 2. The second-order valence-corrected chi connectivity index (χ2v) is 8.22. The number of ether oxygens (including phenoxy) is 1. The predicted molar refractivity (Wildman–Crippen MR) is 121 cm³/mol. The minimum Gasteiger partial charge on any atom is -0.497 e. The lowest BCUT2D eigenvalue weighted by molar-refractivity contribution is -0.141. The van der Waals surface area contributed by atoms with E-state index in [1.807, 2.05) is 39.0 Å². The molecule has 7 heteroatoms. The normalized spacial score (nSPS) is 11.8. The van der Waals surface area contributed by atoms with E-state index in [0.717, 1.165) is 5.56 Å². The maximum absolute atomic E-state index is 14.3. The maximum Gasteiger partial charge on any atom is 0.242 e.